The fourth-order valence-corrected chi connectivity index (χ4v) is 3.67. The Labute approximate surface area is 166 Å². The van der Waals surface area contributed by atoms with Crippen LogP contribution in [0, 0.1) is 23.7 Å². The summed E-state index contributed by atoms with van der Waals surface area (Å²) in [5, 5.41) is 0. The van der Waals surface area contributed by atoms with Crippen LogP contribution in [0.15, 0.2) is 42.5 Å². The Balaban J connectivity index is 1.67. The zero-order chi connectivity index (χ0) is 19.2. The highest BCUT2D eigenvalue weighted by Crippen LogP contribution is 2.32. The van der Waals surface area contributed by atoms with Crippen LogP contribution >= 0.6 is 0 Å². The third-order valence-electron chi connectivity index (χ3n) is 5.35. The number of hydrogen-bond donors (Lipinski definition) is 0. The van der Waals surface area contributed by atoms with Gasteiger partial charge in [-0.2, -0.15) is 0 Å². The molecule has 2 rings (SSSR count). The Hall–Kier alpha value is -1.94. The molecule has 1 aromatic rings. The van der Waals surface area contributed by atoms with Crippen LogP contribution in [-0.4, -0.2) is 6.61 Å². The van der Waals surface area contributed by atoms with Gasteiger partial charge >= 0.3 is 0 Å². The summed E-state index contributed by atoms with van der Waals surface area (Å²) in [7, 11) is 0. The highest BCUT2D eigenvalue weighted by molar-refractivity contribution is 5.54. The van der Waals surface area contributed by atoms with E-state index >= 15 is 0 Å². The normalized spacial score (nSPS) is 19.9. The van der Waals surface area contributed by atoms with Gasteiger partial charge in [-0.15, -0.1) is 0 Å². The molecule has 1 heteroatoms. The van der Waals surface area contributed by atoms with Crippen molar-refractivity contribution in [1.82, 2.24) is 0 Å². The lowest BCUT2D eigenvalue weighted by Crippen LogP contribution is -2.12. The molecule has 0 unspecified atom stereocenters. The first-order chi connectivity index (χ1) is 13.3. The molecule has 1 saturated carbocycles. The second-order valence-corrected chi connectivity index (χ2v) is 7.68. The van der Waals surface area contributed by atoms with E-state index in [1.807, 2.05) is 30.4 Å². The SMILES string of the molecule is CCCCCC1CCC(/C=C/C#C/C=C/c2ccc(OCCC)cc2)CC1. The molecule has 0 saturated heterocycles. The molecule has 1 aliphatic rings. The maximum atomic E-state index is 5.60. The van der Waals surface area contributed by atoms with E-state index in [-0.39, 0.29) is 0 Å². The standard InChI is InChI=1S/C26H36O/c1-3-5-8-11-23-14-16-24(17-15-23)12-9-6-7-10-13-25-18-20-26(21-19-25)27-22-4-2/h9-10,12-13,18-21,23-24H,3-5,8,11,14-17,22H2,1-2H3/b12-9+,13-10+. The summed E-state index contributed by atoms with van der Waals surface area (Å²) in [4.78, 5) is 0. The van der Waals surface area contributed by atoms with Crippen molar-refractivity contribution < 1.29 is 4.74 Å². The highest BCUT2D eigenvalue weighted by atomic mass is 16.5. The van der Waals surface area contributed by atoms with Crippen molar-refractivity contribution in [3.05, 3.63) is 48.1 Å². The van der Waals surface area contributed by atoms with Crippen LogP contribution in [0.1, 0.15) is 77.2 Å². The van der Waals surface area contributed by atoms with Crippen LogP contribution in [0.3, 0.4) is 0 Å². The summed E-state index contributed by atoms with van der Waals surface area (Å²) < 4.78 is 5.60. The van der Waals surface area contributed by atoms with E-state index in [0.717, 1.165) is 36.2 Å². The molecule has 27 heavy (non-hydrogen) atoms. The molecule has 0 radical (unpaired) electrons. The number of ether oxygens (including phenoxy) is 1. The van der Waals surface area contributed by atoms with Gasteiger partial charge in [-0.25, -0.2) is 0 Å². The second-order valence-electron chi connectivity index (χ2n) is 7.68. The summed E-state index contributed by atoms with van der Waals surface area (Å²) >= 11 is 0. The van der Waals surface area contributed by atoms with Crippen molar-refractivity contribution in [2.45, 2.75) is 71.6 Å². The summed E-state index contributed by atoms with van der Waals surface area (Å²) in [5.41, 5.74) is 1.15. The fraction of sp³-hybridized carbons (Fsp3) is 0.538. The molecule has 0 N–H and O–H groups in total. The molecule has 0 amide bonds. The molecule has 0 spiro atoms. The molecule has 1 aliphatic carbocycles. The van der Waals surface area contributed by atoms with E-state index in [4.69, 9.17) is 4.74 Å². The van der Waals surface area contributed by atoms with Crippen LogP contribution in [0.25, 0.3) is 6.08 Å². The third-order valence-corrected chi connectivity index (χ3v) is 5.35. The van der Waals surface area contributed by atoms with Gasteiger partial charge in [0.05, 0.1) is 6.61 Å². The van der Waals surface area contributed by atoms with Crippen molar-refractivity contribution in [1.29, 1.82) is 0 Å². The van der Waals surface area contributed by atoms with Crippen molar-refractivity contribution in [3.63, 3.8) is 0 Å². The lowest BCUT2D eigenvalue weighted by atomic mass is 9.79. The van der Waals surface area contributed by atoms with Crippen molar-refractivity contribution in [2.24, 2.45) is 11.8 Å². The van der Waals surface area contributed by atoms with Gasteiger partial charge in [0.15, 0.2) is 0 Å². The van der Waals surface area contributed by atoms with Crippen LogP contribution < -0.4 is 4.74 Å². The highest BCUT2D eigenvalue weighted by Gasteiger charge is 2.18. The Morgan fingerprint density at radius 1 is 0.926 bits per heavy atom. The number of unbranched alkanes of at least 4 members (excludes halogenated alkanes) is 2. The van der Waals surface area contributed by atoms with Crippen LogP contribution in [0.5, 0.6) is 5.75 Å². The van der Waals surface area contributed by atoms with E-state index in [1.165, 1.54) is 51.4 Å². The maximum Gasteiger partial charge on any atom is 0.119 e. The topological polar surface area (TPSA) is 9.23 Å². The van der Waals surface area contributed by atoms with Crippen LogP contribution in [0.2, 0.25) is 0 Å². The average Bonchev–Trinajstić information content (AvgIpc) is 2.71. The van der Waals surface area contributed by atoms with E-state index < -0.39 is 0 Å². The van der Waals surface area contributed by atoms with Crippen molar-refractivity contribution in [2.75, 3.05) is 6.61 Å². The maximum absolute atomic E-state index is 5.60. The van der Waals surface area contributed by atoms with Gasteiger partial charge in [-0.3, -0.25) is 0 Å². The fourth-order valence-electron chi connectivity index (χ4n) is 3.67. The quantitative estimate of drug-likeness (QED) is 0.327. The molecular weight excluding hydrogens is 328 g/mol. The average molecular weight is 365 g/mol. The van der Waals surface area contributed by atoms with Gasteiger partial charge in [0.2, 0.25) is 0 Å². The Morgan fingerprint density at radius 2 is 1.67 bits per heavy atom. The van der Waals surface area contributed by atoms with E-state index in [2.05, 4.69) is 43.9 Å². The van der Waals surface area contributed by atoms with Crippen molar-refractivity contribution >= 4 is 6.08 Å². The summed E-state index contributed by atoms with van der Waals surface area (Å²) in [5.74, 6) is 8.92. The minimum absolute atomic E-state index is 0.737. The molecule has 0 aliphatic heterocycles. The molecule has 0 bridgehead atoms. The number of allylic oxidation sites excluding steroid dienone is 3. The van der Waals surface area contributed by atoms with Gasteiger partial charge in [-0.05, 0) is 79.9 Å². The van der Waals surface area contributed by atoms with E-state index in [9.17, 15) is 0 Å². The second kappa shape index (κ2) is 13.3. The van der Waals surface area contributed by atoms with E-state index in [1.54, 1.807) is 0 Å². The number of benzene rings is 1. The molecule has 1 fully saturated rings. The van der Waals surface area contributed by atoms with Crippen LogP contribution in [0.4, 0.5) is 0 Å². The lowest BCUT2D eigenvalue weighted by Gasteiger charge is -2.26. The molecule has 146 valence electrons. The summed E-state index contributed by atoms with van der Waals surface area (Å²) in [6, 6.07) is 8.17. The van der Waals surface area contributed by atoms with Crippen LogP contribution in [-0.2, 0) is 0 Å². The third kappa shape index (κ3) is 9.00. The molecule has 1 aromatic carbocycles. The van der Waals surface area contributed by atoms with Gasteiger partial charge in [-0.1, -0.05) is 69.6 Å². The minimum Gasteiger partial charge on any atom is -0.494 e. The predicted molar refractivity (Wildman–Crippen MR) is 118 cm³/mol. The molecular formula is C26H36O. The van der Waals surface area contributed by atoms with Gasteiger partial charge in [0, 0.05) is 0 Å². The Bertz CT molecular complexity index is 618. The number of rotatable bonds is 9. The minimum atomic E-state index is 0.737. The molecule has 0 aromatic heterocycles. The first-order valence-electron chi connectivity index (χ1n) is 10.9. The summed E-state index contributed by atoms with van der Waals surface area (Å²) in [6.45, 7) is 5.18. The first-order valence-corrected chi connectivity index (χ1v) is 10.9. The van der Waals surface area contributed by atoms with Gasteiger partial charge < -0.3 is 4.74 Å². The molecule has 1 nitrogen and oxygen atoms in total. The number of hydrogen-bond acceptors (Lipinski definition) is 1. The zero-order valence-corrected chi connectivity index (χ0v) is 17.3. The smallest absolute Gasteiger partial charge is 0.119 e. The van der Waals surface area contributed by atoms with E-state index in [0.29, 0.717) is 0 Å². The van der Waals surface area contributed by atoms with Gasteiger partial charge in [0.1, 0.15) is 5.75 Å². The summed E-state index contributed by atoms with van der Waals surface area (Å²) in [6.07, 6.45) is 20.5. The largest absolute Gasteiger partial charge is 0.494 e. The Kier molecular flexibility index (Phi) is 10.5. The Morgan fingerprint density at radius 3 is 2.37 bits per heavy atom. The van der Waals surface area contributed by atoms with Gasteiger partial charge in [0.25, 0.3) is 0 Å². The lowest BCUT2D eigenvalue weighted by molar-refractivity contribution is 0.289. The molecule has 0 atom stereocenters. The first kappa shape index (κ1) is 21.4. The van der Waals surface area contributed by atoms with Crippen molar-refractivity contribution in [3.8, 4) is 17.6 Å². The zero-order valence-electron chi connectivity index (χ0n) is 17.3. The monoisotopic (exact) mass is 364 g/mol. The predicted octanol–water partition coefficient (Wildman–Crippen LogP) is 7.43. The molecule has 0 heterocycles.